The molecular formula is C23H33IN6O. The van der Waals surface area contributed by atoms with Crippen molar-refractivity contribution in [2.24, 2.45) is 18.0 Å². The standard InChI is InChI=1S/C23H32N6O.HI/c1-24-23(29-11-10-19(16-29)20-14-26-28(2)15-20)25-13-17-6-5-9-21(12-17)27-22(30)18-7-3-4-8-18;/h5-6,9,12,14-15,18-19H,3-4,7-8,10-11,13,16H2,1-2H3,(H,24,25)(H,27,30);1H. The minimum Gasteiger partial charge on any atom is -0.352 e. The summed E-state index contributed by atoms with van der Waals surface area (Å²) in [6.45, 7) is 2.60. The normalized spacial score (nSPS) is 19.4. The Bertz CT molecular complexity index is 905. The minimum atomic E-state index is 0. The summed E-state index contributed by atoms with van der Waals surface area (Å²) in [5, 5.41) is 10.9. The number of aliphatic imine (C=N–C) groups is 1. The Balaban J connectivity index is 0.00000272. The molecule has 1 saturated heterocycles. The van der Waals surface area contributed by atoms with E-state index in [0.29, 0.717) is 12.5 Å². The van der Waals surface area contributed by atoms with Gasteiger partial charge in [-0.3, -0.25) is 14.5 Å². The monoisotopic (exact) mass is 536 g/mol. The fourth-order valence-electron chi connectivity index (χ4n) is 4.58. The average Bonchev–Trinajstić information content (AvgIpc) is 3.50. The van der Waals surface area contributed by atoms with Crippen LogP contribution in [0.15, 0.2) is 41.7 Å². The van der Waals surface area contributed by atoms with Gasteiger partial charge < -0.3 is 15.5 Å². The Labute approximate surface area is 201 Å². The van der Waals surface area contributed by atoms with Crippen molar-refractivity contribution in [1.29, 1.82) is 0 Å². The molecule has 1 amide bonds. The number of nitrogens with zero attached hydrogens (tertiary/aromatic N) is 4. The van der Waals surface area contributed by atoms with E-state index < -0.39 is 0 Å². The first kappa shape index (κ1) is 23.6. The van der Waals surface area contributed by atoms with Crippen LogP contribution in [-0.4, -0.2) is 46.7 Å². The van der Waals surface area contributed by atoms with Gasteiger partial charge in [0, 0.05) is 57.4 Å². The predicted molar refractivity (Wildman–Crippen MR) is 135 cm³/mol. The molecular weight excluding hydrogens is 503 g/mol. The maximum atomic E-state index is 12.4. The van der Waals surface area contributed by atoms with Crippen molar-refractivity contribution in [3.8, 4) is 0 Å². The zero-order valence-electron chi connectivity index (χ0n) is 18.4. The zero-order chi connectivity index (χ0) is 20.9. The van der Waals surface area contributed by atoms with Crippen molar-refractivity contribution in [1.82, 2.24) is 20.0 Å². The third-order valence-electron chi connectivity index (χ3n) is 6.27. The molecule has 0 bridgehead atoms. The van der Waals surface area contributed by atoms with Crippen LogP contribution in [0.1, 0.15) is 49.1 Å². The van der Waals surface area contributed by atoms with Gasteiger partial charge in [-0.2, -0.15) is 5.10 Å². The molecule has 1 aromatic heterocycles. The van der Waals surface area contributed by atoms with Gasteiger partial charge in [0.2, 0.25) is 5.91 Å². The third kappa shape index (κ3) is 5.99. The van der Waals surface area contributed by atoms with Gasteiger partial charge in [-0.15, -0.1) is 24.0 Å². The highest BCUT2D eigenvalue weighted by molar-refractivity contribution is 14.0. The van der Waals surface area contributed by atoms with E-state index in [1.807, 2.05) is 37.1 Å². The van der Waals surface area contributed by atoms with Gasteiger partial charge in [0.15, 0.2) is 5.96 Å². The number of amides is 1. The Morgan fingerprint density at radius 3 is 2.77 bits per heavy atom. The number of aryl methyl sites for hydroxylation is 1. The quantitative estimate of drug-likeness (QED) is 0.347. The first-order valence-electron chi connectivity index (χ1n) is 11.0. The molecule has 2 aromatic rings. The fourth-order valence-corrected chi connectivity index (χ4v) is 4.58. The molecule has 0 radical (unpaired) electrons. The Kier molecular flexibility index (Phi) is 8.34. The van der Waals surface area contributed by atoms with Crippen LogP contribution >= 0.6 is 24.0 Å². The second-order valence-electron chi connectivity index (χ2n) is 8.45. The number of guanidine groups is 1. The summed E-state index contributed by atoms with van der Waals surface area (Å²) >= 11 is 0. The molecule has 8 heteroatoms. The number of likely N-dealkylation sites (tertiary alicyclic amines) is 1. The number of hydrogen-bond acceptors (Lipinski definition) is 3. The number of carbonyl (C=O) groups is 1. The predicted octanol–water partition coefficient (Wildman–Crippen LogP) is 3.73. The number of carbonyl (C=O) groups excluding carboxylic acids is 1. The number of halogens is 1. The molecule has 2 heterocycles. The van der Waals surface area contributed by atoms with Crippen LogP contribution in [0.25, 0.3) is 0 Å². The maximum Gasteiger partial charge on any atom is 0.227 e. The third-order valence-corrected chi connectivity index (χ3v) is 6.27. The minimum absolute atomic E-state index is 0. The summed E-state index contributed by atoms with van der Waals surface area (Å²) in [6, 6.07) is 8.09. The van der Waals surface area contributed by atoms with E-state index in [0.717, 1.165) is 49.6 Å². The molecule has 2 N–H and O–H groups in total. The highest BCUT2D eigenvalue weighted by Gasteiger charge is 2.27. The molecule has 2 aliphatic rings. The number of benzene rings is 1. The topological polar surface area (TPSA) is 74.6 Å². The van der Waals surface area contributed by atoms with Crippen molar-refractivity contribution in [2.45, 2.75) is 44.6 Å². The van der Waals surface area contributed by atoms with Crippen LogP contribution in [0.5, 0.6) is 0 Å². The van der Waals surface area contributed by atoms with E-state index in [1.54, 1.807) is 0 Å². The lowest BCUT2D eigenvalue weighted by Gasteiger charge is -2.22. The number of aromatic nitrogens is 2. The van der Waals surface area contributed by atoms with E-state index in [2.05, 4.69) is 44.0 Å². The molecule has 7 nitrogen and oxygen atoms in total. The SMILES string of the molecule is CN=C(NCc1cccc(NC(=O)C2CCCC2)c1)N1CCC(c2cnn(C)c2)C1.I. The zero-order valence-corrected chi connectivity index (χ0v) is 20.7. The summed E-state index contributed by atoms with van der Waals surface area (Å²) in [5.74, 6) is 1.74. The van der Waals surface area contributed by atoms with Crippen molar-refractivity contribution in [3.63, 3.8) is 0 Å². The van der Waals surface area contributed by atoms with E-state index >= 15 is 0 Å². The molecule has 1 unspecified atom stereocenters. The van der Waals surface area contributed by atoms with Crippen LogP contribution in [0.2, 0.25) is 0 Å². The molecule has 31 heavy (non-hydrogen) atoms. The van der Waals surface area contributed by atoms with Crippen LogP contribution in [0.4, 0.5) is 5.69 Å². The van der Waals surface area contributed by atoms with Crippen LogP contribution in [0.3, 0.4) is 0 Å². The van der Waals surface area contributed by atoms with E-state index in [-0.39, 0.29) is 35.8 Å². The molecule has 1 aliphatic heterocycles. The summed E-state index contributed by atoms with van der Waals surface area (Å²) < 4.78 is 1.86. The van der Waals surface area contributed by atoms with Gasteiger partial charge in [-0.1, -0.05) is 25.0 Å². The number of hydrogen-bond donors (Lipinski definition) is 2. The molecule has 2 fully saturated rings. The molecule has 4 rings (SSSR count). The number of nitrogens with one attached hydrogen (secondary N) is 2. The smallest absolute Gasteiger partial charge is 0.227 e. The van der Waals surface area contributed by atoms with E-state index in [4.69, 9.17) is 0 Å². The Hall–Kier alpha value is -2.10. The molecule has 0 spiro atoms. The molecule has 1 saturated carbocycles. The molecule has 1 aromatic carbocycles. The van der Waals surface area contributed by atoms with Gasteiger partial charge in [0.1, 0.15) is 0 Å². The fraction of sp³-hybridized carbons (Fsp3) is 0.522. The van der Waals surface area contributed by atoms with E-state index in [1.165, 1.54) is 18.4 Å². The van der Waals surface area contributed by atoms with Crippen molar-refractivity contribution in [3.05, 3.63) is 47.8 Å². The lowest BCUT2D eigenvalue weighted by atomic mass is 10.0. The van der Waals surface area contributed by atoms with Gasteiger partial charge in [-0.05, 0) is 42.5 Å². The lowest BCUT2D eigenvalue weighted by molar-refractivity contribution is -0.119. The maximum absolute atomic E-state index is 12.4. The van der Waals surface area contributed by atoms with Crippen LogP contribution in [0, 0.1) is 5.92 Å². The molecule has 1 atom stereocenters. The first-order chi connectivity index (χ1) is 14.6. The number of rotatable bonds is 5. The highest BCUT2D eigenvalue weighted by atomic mass is 127. The lowest BCUT2D eigenvalue weighted by Crippen LogP contribution is -2.39. The van der Waals surface area contributed by atoms with Gasteiger partial charge in [0.25, 0.3) is 0 Å². The van der Waals surface area contributed by atoms with E-state index in [9.17, 15) is 4.79 Å². The first-order valence-corrected chi connectivity index (χ1v) is 11.0. The van der Waals surface area contributed by atoms with Gasteiger partial charge >= 0.3 is 0 Å². The van der Waals surface area contributed by atoms with Crippen molar-refractivity contribution >= 4 is 41.5 Å². The Morgan fingerprint density at radius 1 is 1.26 bits per heavy atom. The van der Waals surface area contributed by atoms with Crippen LogP contribution < -0.4 is 10.6 Å². The van der Waals surface area contributed by atoms with Crippen molar-refractivity contribution < 1.29 is 4.79 Å². The largest absolute Gasteiger partial charge is 0.352 e. The van der Waals surface area contributed by atoms with Gasteiger partial charge in [-0.25, -0.2) is 0 Å². The summed E-state index contributed by atoms with van der Waals surface area (Å²) in [7, 11) is 3.79. The molecule has 1 aliphatic carbocycles. The Morgan fingerprint density at radius 2 is 2.06 bits per heavy atom. The summed E-state index contributed by atoms with van der Waals surface area (Å²) in [6.07, 6.45) is 9.54. The number of anilines is 1. The summed E-state index contributed by atoms with van der Waals surface area (Å²) in [4.78, 5) is 19.2. The molecule has 168 valence electrons. The van der Waals surface area contributed by atoms with Crippen LogP contribution in [-0.2, 0) is 18.4 Å². The second kappa shape index (κ2) is 11.0. The second-order valence-corrected chi connectivity index (χ2v) is 8.45. The van der Waals surface area contributed by atoms with Gasteiger partial charge in [0.05, 0.1) is 6.20 Å². The highest BCUT2D eigenvalue weighted by Crippen LogP contribution is 2.27. The average molecular weight is 536 g/mol. The summed E-state index contributed by atoms with van der Waals surface area (Å²) in [5.41, 5.74) is 3.29. The van der Waals surface area contributed by atoms with Crippen molar-refractivity contribution in [2.75, 3.05) is 25.5 Å².